The average Bonchev–Trinajstić information content (AvgIpc) is 2.99. The highest BCUT2D eigenvalue weighted by molar-refractivity contribution is 7.13. The molecule has 0 aliphatic carbocycles. The van der Waals surface area contributed by atoms with Crippen molar-refractivity contribution >= 4 is 28.8 Å². The molecule has 6 heteroatoms. The summed E-state index contributed by atoms with van der Waals surface area (Å²) in [5.74, 6) is 0.654. The van der Waals surface area contributed by atoms with Gasteiger partial charge in [-0.15, -0.1) is 11.3 Å². The van der Waals surface area contributed by atoms with Crippen LogP contribution in [0.25, 0.3) is 0 Å². The van der Waals surface area contributed by atoms with Gasteiger partial charge in [0, 0.05) is 17.8 Å². The van der Waals surface area contributed by atoms with E-state index in [9.17, 15) is 4.79 Å². The fourth-order valence-electron chi connectivity index (χ4n) is 2.51. The van der Waals surface area contributed by atoms with E-state index in [-0.39, 0.29) is 5.97 Å². The van der Waals surface area contributed by atoms with E-state index in [1.807, 2.05) is 37.3 Å². The zero-order valence-electron chi connectivity index (χ0n) is 13.3. The fraction of sp³-hybridized carbons (Fsp3) is 0.353. The van der Waals surface area contributed by atoms with Gasteiger partial charge < -0.3 is 9.64 Å². The molecule has 3 rings (SSSR count). The number of aromatic nitrogens is 1. The lowest BCUT2D eigenvalue weighted by Crippen LogP contribution is -2.33. The molecule has 2 aromatic rings. The van der Waals surface area contributed by atoms with Gasteiger partial charge in [-0.1, -0.05) is 18.2 Å². The molecule has 0 saturated heterocycles. The lowest BCUT2D eigenvalue weighted by molar-refractivity contribution is 0.0525. The second kappa shape index (κ2) is 6.91. The van der Waals surface area contributed by atoms with Gasteiger partial charge in [0.1, 0.15) is 5.84 Å². The summed E-state index contributed by atoms with van der Waals surface area (Å²) in [6, 6.07) is 9.93. The average molecular weight is 329 g/mol. The highest BCUT2D eigenvalue weighted by Crippen LogP contribution is 2.26. The van der Waals surface area contributed by atoms with Gasteiger partial charge in [-0.05, 0) is 26.0 Å². The third kappa shape index (κ3) is 3.59. The number of para-hydroxylation sites is 1. The number of nitrogens with zero attached hydrogens (tertiary/aromatic N) is 3. The van der Waals surface area contributed by atoms with Crippen LogP contribution in [0.5, 0.6) is 0 Å². The molecule has 0 atom stereocenters. The van der Waals surface area contributed by atoms with Crippen molar-refractivity contribution in [2.75, 3.05) is 13.2 Å². The summed E-state index contributed by atoms with van der Waals surface area (Å²) in [6.45, 7) is 5.80. The van der Waals surface area contributed by atoms with Crippen LogP contribution in [-0.2, 0) is 17.7 Å². The number of carbonyl (C=O) groups is 1. The van der Waals surface area contributed by atoms with Crippen LogP contribution in [0.15, 0.2) is 35.3 Å². The summed E-state index contributed by atoms with van der Waals surface area (Å²) in [5.41, 5.74) is 1.97. The van der Waals surface area contributed by atoms with E-state index in [4.69, 9.17) is 4.74 Å². The van der Waals surface area contributed by atoms with Crippen LogP contribution in [0.2, 0.25) is 0 Å². The monoisotopic (exact) mass is 329 g/mol. The lowest BCUT2D eigenvalue weighted by atomic mass is 10.2. The van der Waals surface area contributed by atoms with E-state index in [1.54, 1.807) is 6.92 Å². The van der Waals surface area contributed by atoms with Gasteiger partial charge in [0.05, 0.1) is 24.5 Å². The third-order valence-corrected chi connectivity index (χ3v) is 4.75. The Morgan fingerprint density at radius 3 is 2.91 bits per heavy atom. The Morgan fingerprint density at radius 2 is 2.17 bits per heavy atom. The van der Waals surface area contributed by atoms with Crippen LogP contribution >= 0.6 is 11.3 Å². The number of carbonyl (C=O) groups excluding carboxylic acids is 1. The quantitative estimate of drug-likeness (QED) is 0.492. The zero-order chi connectivity index (χ0) is 16.2. The van der Waals surface area contributed by atoms with Gasteiger partial charge in [0.2, 0.25) is 5.01 Å². The summed E-state index contributed by atoms with van der Waals surface area (Å²) in [4.78, 5) is 24.2. The minimum Gasteiger partial charge on any atom is -0.461 e. The first-order valence-corrected chi connectivity index (χ1v) is 8.50. The zero-order valence-corrected chi connectivity index (χ0v) is 14.1. The first-order chi connectivity index (χ1) is 11.2. The molecule has 0 fully saturated rings. The normalized spacial score (nSPS) is 14.5. The topological polar surface area (TPSA) is 54.8 Å². The molecular formula is C17H19N3O2S. The summed E-state index contributed by atoms with van der Waals surface area (Å²) in [5, 5.41) is 0.455. The van der Waals surface area contributed by atoms with Gasteiger partial charge in [0.25, 0.3) is 0 Å². The SMILES string of the molecule is CCOC(=O)c1nc2c(s1)CN(/C(C)=N/c1ccccc1)CC2. The van der Waals surface area contributed by atoms with Crippen LogP contribution in [0.4, 0.5) is 5.69 Å². The molecular weight excluding hydrogens is 310 g/mol. The fourth-order valence-corrected chi connectivity index (χ4v) is 3.53. The van der Waals surface area contributed by atoms with Crippen molar-refractivity contribution < 1.29 is 9.53 Å². The molecule has 1 aliphatic rings. The van der Waals surface area contributed by atoms with Crippen LogP contribution in [0.3, 0.4) is 0 Å². The lowest BCUT2D eigenvalue weighted by Gasteiger charge is -2.27. The number of benzene rings is 1. The molecule has 0 radical (unpaired) electrons. The Bertz CT molecular complexity index is 725. The Labute approximate surface area is 139 Å². The van der Waals surface area contributed by atoms with Crippen LogP contribution in [0, 0.1) is 0 Å². The van der Waals surface area contributed by atoms with Crippen molar-refractivity contribution in [2.45, 2.75) is 26.8 Å². The molecule has 120 valence electrons. The van der Waals surface area contributed by atoms with Gasteiger partial charge in [-0.2, -0.15) is 0 Å². The van der Waals surface area contributed by atoms with E-state index in [1.165, 1.54) is 11.3 Å². The highest BCUT2D eigenvalue weighted by Gasteiger charge is 2.24. The number of rotatable bonds is 3. The van der Waals surface area contributed by atoms with Crippen molar-refractivity contribution in [2.24, 2.45) is 4.99 Å². The number of fused-ring (bicyclic) bond motifs is 1. The minimum atomic E-state index is -0.326. The molecule has 0 saturated carbocycles. The Kier molecular flexibility index (Phi) is 4.71. The maximum Gasteiger partial charge on any atom is 0.367 e. The maximum absolute atomic E-state index is 11.8. The second-order valence-electron chi connectivity index (χ2n) is 5.28. The molecule has 2 heterocycles. The second-order valence-corrected chi connectivity index (χ2v) is 6.36. The molecule has 5 nitrogen and oxygen atoms in total. The van der Waals surface area contributed by atoms with Crippen molar-refractivity contribution in [3.63, 3.8) is 0 Å². The summed E-state index contributed by atoms with van der Waals surface area (Å²) < 4.78 is 5.03. The number of thiazole rings is 1. The van der Waals surface area contributed by atoms with Crippen molar-refractivity contribution in [3.05, 3.63) is 45.9 Å². The van der Waals surface area contributed by atoms with Crippen LogP contribution < -0.4 is 0 Å². The Morgan fingerprint density at radius 1 is 1.39 bits per heavy atom. The smallest absolute Gasteiger partial charge is 0.367 e. The van der Waals surface area contributed by atoms with E-state index >= 15 is 0 Å². The predicted molar refractivity (Wildman–Crippen MR) is 91.4 cm³/mol. The summed E-state index contributed by atoms with van der Waals surface area (Å²) in [7, 11) is 0. The molecule has 0 amide bonds. The molecule has 1 aliphatic heterocycles. The number of ether oxygens (including phenoxy) is 1. The largest absolute Gasteiger partial charge is 0.461 e. The minimum absolute atomic E-state index is 0.326. The molecule has 0 unspecified atom stereocenters. The van der Waals surface area contributed by atoms with Crippen molar-refractivity contribution in [1.82, 2.24) is 9.88 Å². The number of amidine groups is 1. The molecule has 0 spiro atoms. The molecule has 23 heavy (non-hydrogen) atoms. The highest BCUT2D eigenvalue weighted by atomic mass is 32.1. The van der Waals surface area contributed by atoms with E-state index in [2.05, 4.69) is 14.9 Å². The maximum atomic E-state index is 11.8. The Balaban J connectivity index is 1.75. The number of hydrogen-bond acceptors (Lipinski definition) is 5. The van der Waals surface area contributed by atoms with Gasteiger partial charge in [-0.3, -0.25) is 0 Å². The van der Waals surface area contributed by atoms with Crippen LogP contribution in [-0.4, -0.2) is 34.8 Å². The summed E-state index contributed by atoms with van der Waals surface area (Å²) >= 11 is 1.43. The molecule has 0 N–H and O–H groups in total. The molecule has 0 bridgehead atoms. The Hall–Kier alpha value is -2.21. The van der Waals surface area contributed by atoms with Crippen molar-refractivity contribution in [3.8, 4) is 0 Å². The van der Waals surface area contributed by atoms with E-state index < -0.39 is 0 Å². The first kappa shape index (κ1) is 15.7. The first-order valence-electron chi connectivity index (χ1n) is 7.68. The summed E-state index contributed by atoms with van der Waals surface area (Å²) in [6.07, 6.45) is 0.826. The molecule has 1 aromatic heterocycles. The van der Waals surface area contributed by atoms with Gasteiger partial charge in [0.15, 0.2) is 0 Å². The van der Waals surface area contributed by atoms with Gasteiger partial charge >= 0.3 is 5.97 Å². The van der Waals surface area contributed by atoms with Gasteiger partial charge in [-0.25, -0.2) is 14.8 Å². The third-order valence-electron chi connectivity index (χ3n) is 3.69. The molecule has 1 aromatic carbocycles. The van der Waals surface area contributed by atoms with E-state index in [0.717, 1.165) is 41.6 Å². The van der Waals surface area contributed by atoms with E-state index in [0.29, 0.717) is 11.6 Å². The number of esters is 1. The standard InChI is InChI=1S/C17H19N3O2S/c1-3-22-17(21)16-19-14-9-10-20(11-15(14)23-16)12(2)18-13-7-5-4-6-8-13/h4-8H,3,9-11H2,1-2H3/b18-12+. The van der Waals surface area contributed by atoms with Crippen molar-refractivity contribution in [1.29, 1.82) is 0 Å². The number of aliphatic imine (C=N–C) groups is 1. The van der Waals surface area contributed by atoms with Crippen LogP contribution in [0.1, 0.15) is 34.2 Å². The number of hydrogen-bond donors (Lipinski definition) is 0. The predicted octanol–water partition coefficient (Wildman–Crippen LogP) is 3.43.